The van der Waals surface area contributed by atoms with Crippen molar-refractivity contribution in [3.8, 4) is 11.1 Å². The topological polar surface area (TPSA) is 209 Å². The van der Waals surface area contributed by atoms with Gasteiger partial charge in [-0.05, 0) is 19.4 Å². The Morgan fingerprint density at radius 1 is 1.13 bits per heavy atom. The molecule has 0 bridgehead atoms. The molecule has 1 heterocycles. The number of esters is 2. The van der Waals surface area contributed by atoms with Gasteiger partial charge in [-0.2, -0.15) is 11.8 Å². The summed E-state index contributed by atoms with van der Waals surface area (Å²) in [5.74, 6) is -2.88. The Morgan fingerprint density at radius 2 is 1.76 bits per heavy atom. The van der Waals surface area contributed by atoms with E-state index in [9.17, 15) is 29.3 Å². The first-order valence-corrected chi connectivity index (χ1v) is 12.1. The number of hydrogen-bond donors (Lipinski definition) is 3. The zero-order valence-electron chi connectivity index (χ0n) is 20.8. The largest absolute Gasteiger partial charge is 0.478 e. The van der Waals surface area contributed by atoms with Crippen molar-refractivity contribution >= 4 is 41.3 Å². The molecule has 0 saturated carbocycles. The number of nitro benzene ring substituents is 1. The minimum absolute atomic E-state index is 0.0635. The molecular weight excluding hydrogens is 522 g/mol. The molecule has 0 aliphatic rings. The van der Waals surface area contributed by atoms with E-state index in [0.717, 1.165) is 0 Å². The van der Waals surface area contributed by atoms with E-state index >= 15 is 0 Å². The first-order chi connectivity index (χ1) is 18.0. The highest BCUT2D eigenvalue weighted by Gasteiger charge is 2.29. The van der Waals surface area contributed by atoms with Crippen molar-refractivity contribution in [2.75, 3.05) is 26.0 Å². The number of carbonyl (C=O) groups excluding carboxylic acids is 2. The Hall–Kier alpha value is -4.30. The second-order valence-electron chi connectivity index (χ2n) is 7.14. The maximum Gasteiger partial charge on any atom is 0.340 e. The van der Waals surface area contributed by atoms with Crippen molar-refractivity contribution in [1.82, 2.24) is 4.98 Å². The lowest BCUT2D eigenvalue weighted by Crippen LogP contribution is -2.18. The predicted octanol–water partition coefficient (Wildman–Crippen LogP) is 2.83. The van der Waals surface area contributed by atoms with Crippen LogP contribution in [0, 0.1) is 17.0 Å². The zero-order chi connectivity index (χ0) is 28.8. The second kappa shape index (κ2) is 15.7. The van der Waals surface area contributed by atoms with Crippen molar-refractivity contribution in [3.05, 3.63) is 69.0 Å². The summed E-state index contributed by atoms with van der Waals surface area (Å²) in [6.45, 7) is 3.86. The number of aliphatic carboxylic acids is 2. The smallest absolute Gasteiger partial charge is 0.340 e. The summed E-state index contributed by atoms with van der Waals surface area (Å²) < 4.78 is 10.1. The van der Waals surface area contributed by atoms with E-state index in [1.54, 1.807) is 19.9 Å². The number of nitro groups is 1. The van der Waals surface area contributed by atoms with Gasteiger partial charge < -0.3 is 25.4 Å². The number of carbonyl (C=O) groups is 4. The van der Waals surface area contributed by atoms with Crippen LogP contribution < -0.4 is 5.73 Å². The first kappa shape index (κ1) is 31.7. The molecule has 2 aromatic rings. The van der Waals surface area contributed by atoms with Crippen LogP contribution in [0.2, 0.25) is 0 Å². The molecule has 1 aromatic carbocycles. The highest BCUT2D eigenvalue weighted by atomic mass is 32.2. The number of hydrogen-bond acceptors (Lipinski definition) is 11. The van der Waals surface area contributed by atoms with Gasteiger partial charge >= 0.3 is 23.9 Å². The van der Waals surface area contributed by atoms with Gasteiger partial charge in [0.1, 0.15) is 0 Å². The molecule has 14 heteroatoms. The number of pyridine rings is 1. The van der Waals surface area contributed by atoms with Crippen LogP contribution in [0.3, 0.4) is 0 Å². The standard InChI is InChI=1S/C20H23N3O6S.C4H4O4/c1-4-29-20(25)18-15(11-30-9-8-21)22-12(2)16(19(24)28-3)17(18)13-6-5-7-14(10-13)23(26)27;5-3(6)1-2-4(7)8/h5-7,10H,4,8-9,11,21H2,1-3H3;1-2H,(H,5,6)(H,7,8)/b;2-1+. The Balaban J connectivity index is 0.000000781. The fraction of sp³-hybridized carbons (Fsp3) is 0.292. The van der Waals surface area contributed by atoms with Crippen molar-refractivity contribution in [3.63, 3.8) is 0 Å². The third kappa shape index (κ3) is 9.29. The van der Waals surface area contributed by atoms with Gasteiger partial charge in [0.2, 0.25) is 0 Å². The Bertz CT molecular complexity index is 1210. The summed E-state index contributed by atoms with van der Waals surface area (Å²) >= 11 is 1.48. The molecule has 204 valence electrons. The number of ether oxygens (including phenoxy) is 2. The van der Waals surface area contributed by atoms with Crippen LogP contribution in [0.5, 0.6) is 0 Å². The van der Waals surface area contributed by atoms with Gasteiger partial charge in [0.25, 0.3) is 5.69 Å². The average molecular weight is 550 g/mol. The normalized spacial score (nSPS) is 10.3. The van der Waals surface area contributed by atoms with Crippen molar-refractivity contribution in [2.45, 2.75) is 19.6 Å². The summed E-state index contributed by atoms with van der Waals surface area (Å²) in [7, 11) is 1.22. The fourth-order valence-electron chi connectivity index (χ4n) is 3.10. The lowest BCUT2D eigenvalue weighted by molar-refractivity contribution is -0.384. The number of nitrogens with two attached hydrogens (primary N) is 1. The number of aryl methyl sites for hydroxylation is 1. The van der Waals surface area contributed by atoms with Gasteiger partial charge in [0, 0.05) is 47.9 Å². The molecule has 0 saturated heterocycles. The van der Waals surface area contributed by atoms with E-state index in [1.165, 1.54) is 37.1 Å². The summed E-state index contributed by atoms with van der Waals surface area (Å²) in [5, 5.41) is 26.9. The summed E-state index contributed by atoms with van der Waals surface area (Å²) in [6.07, 6.45) is 1.12. The SMILES string of the molecule is CCOC(=O)c1c(CSCCN)nc(C)c(C(=O)OC)c1-c1cccc([N+](=O)[O-])c1.O=C(O)/C=C/C(=O)O. The number of non-ortho nitro benzene ring substituents is 1. The van der Waals surface area contributed by atoms with Gasteiger partial charge in [0.15, 0.2) is 0 Å². The Labute approximate surface area is 221 Å². The molecule has 38 heavy (non-hydrogen) atoms. The lowest BCUT2D eigenvalue weighted by Gasteiger charge is -2.18. The van der Waals surface area contributed by atoms with Gasteiger partial charge in [-0.3, -0.25) is 15.1 Å². The second-order valence-corrected chi connectivity index (χ2v) is 8.24. The van der Waals surface area contributed by atoms with E-state index in [0.29, 0.717) is 47.2 Å². The van der Waals surface area contributed by atoms with Gasteiger partial charge in [-0.1, -0.05) is 12.1 Å². The third-order valence-corrected chi connectivity index (χ3v) is 5.54. The van der Waals surface area contributed by atoms with Gasteiger partial charge in [0.05, 0.1) is 41.2 Å². The predicted molar refractivity (Wildman–Crippen MR) is 138 cm³/mol. The highest BCUT2D eigenvalue weighted by Crippen LogP contribution is 2.35. The van der Waals surface area contributed by atoms with E-state index in [1.807, 2.05) is 0 Å². The Morgan fingerprint density at radius 3 is 2.26 bits per heavy atom. The minimum Gasteiger partial charge on any atom is -0.478 e. The molecule has 0 amide bonds. The lowest BCUT2D eigenvalue weighted by atomic mass is 9.92. The maximum atomic E-state index is 12.9. The van der Waals surface area contributed by atoms with E-state index in [2.05, 4.69) is 4.98 Å². The molecule has 4 N–H and O–H groups in total. The van der Waals surface area contributed by atoms with Gasteiger partial charge in [-0.15, -0.1) is 0 Å². The maximum absolute atomic E-state index is 12.9. The molecule has 0 fully saturated rings. The first-order valence-electron chi connectivity index (χ1n) is 10.9. The number of carboxylic acids is 2. The molecule has 0 unspecified atom stereocenters. The van der Waals surface area contributed by atoms with Crippen LogP contribution in [-0.4, -0.2) is 70.0 Å². The number of carboxylic acid groups (broad SMARTS) is 2. The summed E-state index contributed by atoms with van der Waals surface area (Å²) in [5.41, 5.74) is 6.83. The van der Waals surface area contributed by atoms with Crippen molar-refractivity contribution in [1.29, 1.82) is 0 Å². The number of thioether (sulfide) groups is 1. The fourth-order valence-corrected chi connectivity index (χ4v) is 3.82. The number of nitrogens with zero attached hydrogens (tertiary/aromatic N) is 2. The third-order valence-electron chi connectivity index (χ3n) is 4.54. The van der Waals surface area contributed by atoms with Crippen LogP contribution in [-0.2, 0) is 24.8 Å². The average Bonchev–Trinajstić information content (AvgIpc) is 2.87. The molecular formula is C24H27N3O10S. The van der Waals surface area contributed by atoms with E-state index in [4.69, 9.17) is 25.4 Å². The molecule has 1 aromatic heterocycles. The van der Waals surface area contributed by atoms with E-state index in [-0.39, 0.29) is 29.0 Å². The summed E-state index contributed by atoms with van der Waals surface area (Å²) in [4.78, 5) is 59.8. The zero-order valence-corrected chi connectivity index (χ0v) is 21.6. The quantitative estimate of drug-likeness (QED) is 0.121. The van der Waals surface area contributed by atoms with Crippen LogP contribution in [0.15, 0.2) is 36.4 Å². The number of methoxy groups -OCH3 is 1. The van der Waals surface area contributed by atoms with Crippen LogP contribution in [0.4, 0.5) is 5.69 Å². The summed E-state index contributed by atoms with van der Waals surface area (Å²) in [6, 6.07) is 5.72. The van der Waals surface area contributed by atoms with Crippen LogP contribution >= 0.6 is 11.8 Å². The number of rotatable bonds is 11. The van der Waals surface area contributed by atoms with Crippen LogP contribution in [0.1, 0.15) is 39.0 Å². The molecule has 0 aliphatic heterocycles. The van der Waals surface area contributed by atoms with Crippen LogP contribution in [0.25, 0.3) is 11.1 Å². The van der Waals surface area contributed by atoms with E-state index < -0.39 is 28.8 Å². The number of benzene rings is 1. The molecule has 0 atom stereocenters. The Kier molecular flexibility index (Phi) is 13.1. The van der Waals surface area contributed by atoms with Crippen molar-refractivity contribution < 1.29 is 43.8 Å². The molecule has 0 spiro atoms. The van der Waals surface area contributed by atoms with Gasteiger partial charge in [-0.25, -0.2) is 19.2 Å². The molecule has 2 rings (SSSR count). The van der Waals surface area contributed by atoms with Crippen molar-refractivity contribution in [2.24, 2.45) is 5.73 Å². The molecule has 0 radical (unpaired) electrons. The molecule has 13 nitrogen and oxygen atoms in total. The monoisotopic (exact) mass is 549 g/mol. The highest BCUT2D eigenvalue weighted by molar-refractivity contribution is 7.98. The number of aromatic nitrogens is 1. The minimum atomic E-state index is -1.26. The molecule has 0 aliphatic carbocycles.